The molecule has 0 spiro atoms. The third-order valence-electron chi connectivity index (χ3n) is 4.90. The minimum absolute atomic E-state index is 0.265. The smallest absolute Gasteiger partial charge is 0.338 e. The molecule has 37 heavy (non-hydrogen) atoms. The molecule has 0 fully saturated rings. The minimum Gasteiger partial charge on any atom is -0.423 e. The molecule has 0 saturated heterocycles. The van der Waals surface area contributed by atoms with Crippen LogP contribution in [-0.2, 0) is 14.4 Å². The molecule has 3 rings (SSSR count). The molecule has 188 valence electrons. The molecule has 0 atom stereocenters. The van der Waals surface area contributed by atoms with Crippen molar-refractivity contribution in [3.8, 4) is 17.2 Å². The van der Waals surface area contributed by atoms with Gasteiger partial charge in [0.25, 0.3) is 0 Å². The Morgan fingerprint density at radius 1 is 0.541 bits per heavy atom. The van der Waals surface area contributed by atoms with Gasteiger partial charge in [-0.05, 0) is 57.2 Å². The fourth-order valence-corrected chi connectivity index (χ4v) is 3.09. The highest BCUT2D eigenvalue weighted by Crippen LogP contribution is 2.38. The molecule has 0 aliphatic heterocycles. The summed E-state index contributed by atoms with van der Waals surface area (Å²) in [7, 11) is 0. The molecule has 0 bridgehead atoms. The highest BCUT2D eigenvalue weighted by Gasteiger charge is 2.17. The summed E-state index contributed by atoms with van der Waals surface area (Å²) in [6.07, 6.45) is 0. The number of nitrogens with zero attached hydrogens (tertiary/aromatic N) is 1. The largest absolute Gasteiger partial charge is 0.423 e. The quantitative estimate of drug-likeness (QED) is 0.187. The number of anilines is 3. The standard InChI is InChI=1S/C30H27NO6/c1-19(2)28(32)35-25-13-7-10-22(16-25)31(23-11-8-14-26(17-23)36-29(33)20(3)4)24-12-9-15-27(18-24)37-30(34)21(5)6/h7-18H,1,3,5H2,2,4,6H3. The summed E-state index contributed by atoms with van der Waals surface area (Å²) < 4.78 is 16.3. The molecule has 3 aromatic carbocycles. The summed E-state index contributed by atoms with van der Waals surface area (Å²) in [6.45, 7) is 15.5. The molecule has 0 aliphatic rings. The van der Waals surface area contributed by atoms with Crippen LogP contribution in [-0.4, -0.2) is 17.9 Å². The zero-order chi connectivity index (χ0) is 27.1. The van der Waals surface area contributed by atoms with Gasteiger partial charge in [0.15, 0.2) is 0 Å². The van der Waals surface area contributed by atoms with Crippen LogP contribution >= 0.6 is 0 Å². The van der Waals surface area contributed by atoms with Crippen LogP contribution in [0.2, 0.25) is 0 Å². The number of benzene rings is 3. The lowest BCUT2D eigenvalue weighted by molar-refractivity contribution is -0.130. The first-order chi connectivity index (χ1) is 17.5. The van der Waals surface area contributed by atoms with Crippen LogP contribution in [0.3, 0.4) is 0 Å². The molecule has 7 heteroatoms. The van der Waals surface area contributed by atoms with Crippen molar-refractivity contribution in [1.82, 2.24) is 0 Å². The van der Waals surface area contributed by atoms with E-state index >= 15 is 0 Å². The van der Waals surface area contributed by atoms with E-state index in [2.05, 4.69) is 19.7 Å². The first kappa shape index (κ1) is 26.7. The van der Waals surface area contributed by atoms with E-state index in [0.717, 1.165) is 0 Å². The van der Waals surface area contributed by atoms with E-state index in [-0.39, 0.29) is 16.7 Å². The van der Waals surface area contributed by atoms with Crippen LogP contribution in [0.5, 0.6) is 17.2 Å². The Hall–Kier alpha value is -4.91. The normalized spacial score (nSPS) is 10.1. The number of carbonyl (C=O) groups excluding carboxylic acids is 3. The number of carbonyl (C=O) groups is 3. The summed E-state index contributed by atoms with van der Waals surface area (Å²) in [6, 6.07) is 20.7. The van der Waals surface area contributed by atoms with Crippen molar-refractivity contribution in [2.45, 2.75) is 20.8 Å². The van der Waals surface area contributed by atoms with Gasteiger partial charge in [-0.3, -0.25) is 0 Å². The van der Waals surface area contributed by atoms with Crippen molar-refractivity contribution in [3.05, 3.63) is 109 Å². The van der Waals surface area contributed by atoms with Gasteiger partial charge >= 0.3 is 17.9 Å². The van der Waals surface area contributed by atoms with Gasteiger partial charge < -0.3 is 19.1 Å². The number of esters is 3. The van der Waals surface area contributed by atoms with Crippen molar-refractivity contribution in [2.75, 3.05) is 4.90 Å². The highest BCUT2D eigenvalue weighted by molar-refractivity contribution is 5.90. The molecular weight excluding hydrogens is 470 g/mol. The molecule has 0 aliphatic carbocycles. The summed E-state index contributed by atoms with van der Waals surface area (Å²) in [5.74, 6) is -0.719. The molecule has 0 heterocycles. The monoisotopic (exact) mass is 497 g/mol. The predicted molar refractivity (Wildman–Crippen MR) is 142 cm³/mol. The number of ether oxygens (including phenoxy) is 3. The first-order valence-corrected chi connectivity index (χ1v) is 11.3. The van der Waals surface area contributed by atoms with E-state index < -0.39 is 17.9 Å². The lowest BCUT2D eigenvalue weighted by Crippen LogP contribution is -2.13. The van der Waals surface area contributed by atoms with Crippen LogP contribution in [0.1, 0.15) is 20.8 Å². The molecule has 7 nitrogen and oxygen atoms in total. The minimum atomic E-state index is -0.550. The second-order valence-electron chi connectivity index (χ2n) is 8.34. The van der Waals surface area contributed by atoms with E-state index in [4.69, 9.17) is 14.2 Å². The van der Waals surface area contributed by atoms with Crippen molar-refractivity contribution < 1.29 is 28.6 Å². The van der Waals surface area contributed by atoms with Gasteiger partial charge in [0, 0.05) is 52.0 Å². The average molecular weight is 498 g/mol. The van der Waals surface area contributed by atoms with Crippen LogP contribution in [0, 0.1) is 0 Å². The number of rotatable bonds is 9. The Labute approximate surface area is 215 Å². The van der Waals surface area contributed by atoms with E-state index in [0.29, 0.717) is 34.3 Å². The SMILES string of the molecule is C=C(C)C(=O)Oc1cccc(N(c2cccc(OC(=O)C(=C)C)c2)c2cccc(OC(=O)C(=C)C)c2)c1. The maximum absolute atomic E-state index is 12.1. The zero-order valence-electron chi connectivity index (χ0n) is 20.9. The van der Waals surface area contributed by atoms with Crippen LogP contribution in [0.4, 0.5) is 17.1 Å². The third-order valence-corrected chi connectivity index (χ3v) is 4.90. The lowest BCUT2D eigenvalue weighted by Gasteiger charge is -2.26. The van der Waals surface area contributed by atoms with Gasteiger partial charge in [-0.25, -0.2) is 14.4 Å². The van der Waals surface area contributed by atoms with Gasteiger partial charge in [0.05, 0.1) is 0 Å². The van der Waals surface area contributed by atoms with E-state index in [9.17, 15) is 14.4 Å². The van der Waals surface area contributed by atoms with Crippen molar-refractivity contribution in [3.63, 3.8) is 0 Å². The van der Waals surface area contributed by atoms with Gasteiger partial charge in [0.2, 0.25) is 0 Å². The fraction of sp³-hybridized carbons (Fsp3) is 0.100. The third kappa shape index (κ3) is 7.05. The predicted octanol–water partition coefficient (Wildman–Crippen LogP) is 6.60. The Morgan fingerprint density at radius 3 is 1.05 bits per heavy atom. The Morgan fingerprint density at radius 2 is 0.811 bits per heavy atom. The second kappa shape index (κ2) is 11.7. The van der Waals surface area contributed by atoms with Crippen LogP contribution in [0.25, 0.3) is 0 Å². The van der Waals surface area contributed by atoms with E-state index in [1.165, 1.54) is 0 Å². The van der Waals surface area contributed by atoms with Gasteiger partial charge in [-0.1, -0.05) is 37.9 Å². The summed E-state index contributed by atoms with van der Waals surface area (Å²) in [5, 5.41) is 0. The molecule has 0 amide bonds. The Kier molecular flexibility index (Phi) is 8.43. The average Bonchev–Trinajstić information content (AvgIpc) is 2.84. The summed E-state index contributed by atoms with van der Waals surface area (Å²) in [5.41, 5.74) is 2.67. The van der Waals surface area contributed by atoms with Crippen LogP contribution in [0.15, 0.2) is 109 Å². The maximum atomic E-state index is 12.1. The number of hydrogen-bond donors (Lipinski definition) is 0. The molecule has 3 aromatic rings. The van der Waals surface area contributed by atoms with E-state index in [1.807, 2.05) is 23.1 Å². The Bertz CT molecular complexity index is 1230. The van der Waals surface area contributed by atoms with Crippen molar-refractivity contribution in [1.29, 1.82) is 0 Å². The summed E-state index contributed by atoms with van der Waals surface area (Å²) >= 11 is 0. The second-order valence-corrected chi connectivity index (χ2v) is 8.34. The molecule has 0 N–H and O–H groups in total. The highest BCUT2D eigenvalue weighted by atomic mass is 16.5. The molecule has 0 saturated carbocycles. The fourth-order valence-electron chi connectivity index (χ4n) is 3.09. The topological polar surface area (TPSA) is 82.1 Å². The molecular formula is C30H27NO6. The molecule has 0 aromatic heterocycles. The van der Waals surface area contributed by atoms with Crippen molar-refractivity contribution in [2.24, 2.45) is 0 Å². The zero-order valence-corrected chi connectivity index (χ0v) is 20.9. The number of hydrogen-bond acceptors (Lipinski definition) is 7. The first-order valence-electron chi connectivity index (χ1n) is 11.3. The molecule has 0 radical (unpaired) electrons. The molecule has 0 unspecified atom stereocenters. The van der Waals surface area contributed by atoms with Gasteiger partial charge in [-0.2, -0.15) is 0 Å². The van der Waals surface area contributed by atoms with Crippen LogP contribution < -0.4 is 19.1 Å². The lowest BCUT2D eigenvalue weighted by atomic mass is 10.1. The summed E-state index contributed by atoms with van der Waals surface area (Å²) in [4.78, 5) is 38.1. The van der Waals surface area contributed by atoms with E-state index in [1.54, 1.807) is 75.4 Å². The van der Waals surface area contributed by atoms with Gasteiger partial charge in [0.1, 0.15) is 17.2 Å². The Balaban J connectivity index is 2.10. The van der Waals surface area contributed by atoms with Gasteiger partial charge in [-0.15, -0.1) is 0 Å². The van der Waals surface area contributed by atoms with Crippen molar-refractivity contribution >= 4 is 35.0 Å². The maximum Gasteiger partial charge on any atom is 0.338 e.